The van der Waals surface area contributed by atoms with Crippen molar-refractivity contribution in [2.75, 3.05) is 12.0 Å². The normalized spacial score (nSPS) is 14.0. The molecule has 0 saturated heterocycles. The standard InChI is InChI=1S/C19H38O2S/c1-4-6-8-10-12-15-18(14-11-9-7-5-2)22(3)17-13-16-19(20)21/h18H,4-17H2,1-3H3. The Labute approximate surface area is 141 Å². The Morgan fingerprint density at radius 2 is 1.36 bits per heavy atom. The number of carbonyl (C=O) groups is 1. The first-order chi connectivity index (χ1) is 10.6. The van der Waals surface area contributed by atoms with Crippen LogP contribution < -0.4 is 5.11 Å². The van der Waals surface area contributed by atoms with Crippen LogP contribution in [0.1, 0.15) is 97.3 Å². The maximum Gasteiger partial charge on any atom is 0.118 e. The van der Waals surface area contributed by atoms with Crippen LogP contribution in [0.2, 0.25) is 0 Å². The Morgan fingerprint density at radius 1 is 0.864 bits per heavy atom. The molecule has 0 aliphatic heterocycles. The first-order valence-electron chi connectivity index (χ1n) is 9.43. The fraction of sp³-hybridized carbons (Fsp3) is 0.947. The molecule has 0 fully saturated rings. The molecule has 0 aromatic carbocycles. The summed E-state index contributed by atoms with van der Waals surface area (Å²) < 4.78 is 0. The van der Waals surface area contributed by atoms with E-state index in [0.717, 1.165) is 17.4 Å². The maximum atomic E-state index is 10.6. The average molecular weight is 331 g/mol. The molecule has 132 valence electrons. The lowest BCUT2D eigenvalue weighted by Crippen LogP contribution is -2.26. The molecule has 0 saturated carbocycles. The van der Waals surface area contributed by atoms with Gasteiger partial charge in [0.05, 0.1) is 6.26 Å². The zero-order valence-corrected chi connectivity index (χ0v) is 16.0. The molecule has 0 aromatic heterocycles. The Balaban J connectivity index is 4.03. The lowest BCUT2D eigenvalue weighted by Gasteiger charge is -2.17. The summed E-state index contributed by atoms with van der Waals surface area (Å²) >= 11 is 0. The van der Waals surface area contributed by atoms with E-state index in [9.17, 15) is 9.90 Å². The van der Waals surface area contributed by atoms with Crippen molar-refractivity contribution < 1.29 is 9.90 Å². The van der Waals surface area contributed by atoms with Crippen molar-refractivity contribution in [2.24, 2.45) is 0 Å². The van der Waals surface area contributed by atoms with Crippen LogP contribution in [0, 0.1) is 0 Å². The van der Waals surface area contributed by atoms with E-state index in [1.807, 2.05) is 0 Å². The molecule has 3 heteroatoms. The Hall–Kier alpha value is -0.180. The molecule has 0 aliphatic rings. The van der Waals surface area contributed by atoms with E-state index < -0.39 is 5.97 Å². The van der Waals surface area contributed by atoms with E-state index in [1.54, 1.807) is 0 Å². The molecule has 2 unspecified atom stereocenters. The molecule has 0 heterocycles. The highest BCUT2D eigenvalue weighted by molar-refractivity contribution is 7.96. The van der Waals surface area contributed by atoms with Gasteiger partial charge in [-0.05, 0) is 49.4 Å². The highest BCUT2D eigenvalue weighted by Crippen LogP contribution is 2.21. The van der Waals surface area contributed by atoms with Gasteiger partial charge in [-0.25, -0.2) is 0 Å². The van der Waals surface area contributed by atoms with E-state index in [-0.39, 0.29) is 6.42 Å². The van der Waals surface area contributed by atoms with E-state index in [1.165, 1.54) is 70.6 Å². The molecule has 0 radical (unpaired) electrons. The van der Waals surface area contributed by atoms with Gasteiger partial charge in [0.1, 0.15) is 11.0 Å². The minimum Gasteiger partial charge on any atom is -0.550 e. The van der Waals surface area contributed by atoms with Gasteiger partial charge in [0.25, 0.3) is 0 Å². The predicted molar refractivity (Wildman–Crippen MR) is 98.3 cm³/mol. The molecule has 2 nitrogen and oxygen atoms in total. The topological polar surface area (TPSA) is 40.1 Å². The van der Waals surface area contributed by atoms with Crippen LogP contribution in [0.25, 0.3) is 0 Å². The van der Waals surface area contributed by atoms with Gasteiger partial charge in [-0.2, -0.15) is 0 Å². The number of carboxylic acids is 1. The molecule has 2 atom stereocenters. The summed E-state index contributed by atoms with van der Waals surface area (Å²) in [6.45, 7) is 4.52. The van der Waals surface area contributed by atoms with Crippen LogP contribution in [-0.2, 0) is 15.7 Å². The quantitative estimate of drug-likeness (QED) is 0.309. The molecule has 0 aliphatic carbocycles. The van der Waals surface area contributed by atoms with Crippen LogP contribution in [0.15, 0.2) is 0 Å². The van der Waals surface area contributed by atoms with Gasteiger partial charge in [-0.1, -0.05) is 58.8 Å². The van der Waals surface area contributed by atoms with Gasteiger partial charge >= 0.3 is 0 Å². The van der Waals surface area contributed by atoms with Gasteiger partial charge in [0.2, 0.25) is 0 Å². The van der Waals surface area contributed by atoms with Crippen LogP contribution in [0.3, 0.4) is 0 Å². The van der Waals surface area contributed by atoms with E-state index >= 15 is 0 Å². The molecule has 0 rings (SSSR count). The number of carbonyl (C=O) groups excluding carboxylic acids is 1. The van der Waals surface area contributed by atoms with Gasteiger partial charge < -0.3 is 9.90 Å². The van der Waals surface area contributed by atoms with Crippen molar-refractivity contribution in [3.05, 3.63) is 0 Å². The number of hydrogen-bond acceptors (Lipinski definition) is 2. The minimum atomic E-state index is -0.893. The lowest BCUT2D eigenvalue weighted by atomic mass is 10.0. The average Bonchev–Trinajstić information content (AvgIpc) is 2.48. The summed E-state index contributed by atoms with van der Waals surface area (Å²) in [6.07, 6.45) is 18.2. The Kier molecular flexibility index (Phi) is 15.6. The number of rotatable bonds is 16. The molecular weight excluding hydrogens is 292 g/mol. The van der Waals surface area contributed by atoms with E-state index in [0.29, 0.717) is 10.9 Å². The zero-order chi connectivity index (χ0) is 16.6. The first kappa shape index (κ1) is 21.8. The van der Waals surface area contributed by atoms with Crippen molar-refractivity contribution in [2.45, 2.75) is 103 Å². The molecule has 22 heavy (non-hydrogen) atoms. The van der Waals surface area contributed by atoms with Crippen LogP contribution >= 0.6 is 0 Å². The van der Waals surface area contributed by atoms with Crippen molar-refractivity contribution in [1.29, 1.82) is 0 Å². The fourth-order valence-electron chi connectivity index (χ4n) is 2.93. The summed E-state index contributed by atoms with van der Waals surface area (Å²) in [6, 6.07) is 0. The number of unbranched alkanes of at least 4 members (excludes halogenated alkanes) is 7. The predicted octanol–water partition coefficient (Wildman–Crippen LogP) is 4.46. The summed E-state index contributed by atoms with van der Waals surface area (Å²) in [5, 5.41) is 11.4. The summed E-state index contributed by atoms with van der Waals surface area (Å²) in [4.78, 5) is 10.6. The van der Waals surface area contributed by atoms with Gasteiger partial charge in [-0.3, -0.25) is 0 Å². The third-order valence-corrected chi connectivity index (χ3v) is 6.97. The maximum absolute atomic E-state index is 10.6. The van der Waals surface area contributed by atoms with Gasteiger partial charge in [0, 0.05) is 5.97 Å². The smallest absolute Gasteiger partial charge is 0.118 e. The summed E-state index contributed by atoms with van der Waals surface area (Å²) in [5.74, 6) is 0.178. The largest absolute Gasteiger partial charge is 0.550 e. The number of aliphatic carboxylic acids is 1. The van der Waals surface area contributed by atoms with Crippen molar-refractivity contribution in [3.63, 3.8) is 0 Å². The molecule has 0 spiro atoms. The summed E-state index contributed by atoms with van der Waals surface area (Å²) in [5.41, 5.74) is 0. The van der Waals surface area contributed by atoms with Gasteiger partial charge in [0.15, 0.2) is 0 Å². The van der Waals surface area contributed by atoms with Crippen molar-refractivity contribution in [1.82, 2.24) is 0 Å². The number of carboxylic acid groups (broad SMARTS) is 1. The highest BCUT2D eigenvalue weighted by atomic mass is 32.2. The minimum absolute atomic E-state index is 0.233. The van der Waals surface area contributed by atoms with E-state index in [2.05, 4.69) is 20.1 Å². The third kappa shape index (κ3) is 13.5. The van der Waals surface area contributed by atoms with Crippen LogP contribution in [0.4, 0.5) is 0 Å². The fourth-order valence-corrected chi connectivity index (χ4v) is 5.00. The monoisotopic (exact) mass is 330 g/mol. The molecule has 0 amide bonds. The summed E-state index contributed by atoms with van der Waals surface area (Å²) in [7, 11) is 0.372. The van der Waals surface area contributed by atoms with Crippen LogP contribution in [-0.4, -0.2) is 23.2 Å². The first-order valence-corrected chi connectivity index (χ1v) is 11.3. The second-order valence-electron chi connectivity index (χ2n) is 6.54. The molecular formula is C19H38O2S. The lowest BCUT2D eigenvalue weighted by molar-refractivity contribution is -0.305. The molecule has 0 N–H and O–H groups in total. The third-order valence-electron chi connectivity index (χ3n) is 4.43. The Bertz CT molecular complexity index is 256. The van der Waals surface area contributed by atoms with Gasteiger partial charge in [-0.15, -0.1) is 0 Å². The second-order valence-corrected chi connectivity index (χ2v) is 9.00. The zero-order valence-electron chi connectivity index (χ0n) is 15.2. The van der Waals surface area contributed by atoms with Crippen LogP contribution in [0.5, 0.6) is 0 Å². The second kappa shape index (κ2) is 15.7. The van der Waals surface area contributed by atoms with Crippen molar-refractivity contribution >= 4 is 16.9 Å². The van der Waals surface area contributed by atoms with E-state index in [4.69, 9.17) is 0 Å². The molecule has 0 bridgehead atoms. The molecule has 0 aromatic rings. The number of hydrogen-bond donors (Lipinski definition) is 0. The Morgan fingerprint density at radius 3 is 1.86 bits per heavy atom. The SMILES string of the molecule is CCCCCCCC(CCCCCC)[S+](C)CCCC(=O)[O-]. The van der Waals surface area contributed by atoms with Crippen molar-refractivity contribution in [3.8, 4) is 0 Å². The highest BCUT2D eigenvalue weighted by Gasteiger charge is 2.24.